The van der Waals surface area contributed by atoms with Gasteiger partial charge in [-0.2, -0.15) is 0 Å². The second-order valence-corrected chi connectivity index (χ2v) is 23.1. The normalized spacial score (nSPS) is 13.3. The van der Waals surface area contributed by atoms with Gasteiger partial charge in [-0.25, -0.2) is 0 Å². The molecule has 0 aromatic rings. The Kier molecular flexibility index (Phi) is 8.99. The molecule has 9 heavy (non-hydrogen) atoms. The van der Waals surface area contributed by atoms with Crippen LogP contribution < -0.4 is 0 Å². The zero-order chi connectivity index (χ0) is 7.11. The Hall–Kier alpha value is 1.56. The van der Waals surface area contributed by atoms with E-state index in [0.717, 1.165) is 0 Å². The summed E-state index contributed by atoms with van der Waals surface area (Å²) < 4.78 is 6.00. The van der Waals surface area contributed by atoms with Gasteiger partial charge in [0.2, 0.25) is 0 Å². The minimum atomic E-state index is -0.317. The molecular formula is C6H19NSn2. The second-order valence-electron chi connectivity index (χ2n) is 2.43. The molecule has 1 nitrogen and oxygen atoms in total. The van der Waals surface area contributed by atoms with Crippen LogP contribution in [-0.2, 0) is 0 Å². The molecule has 0 radical (unpaired) electrons. The predicted molar refractivity (Wildman–Crippen MR) is 50.4 cm³/mol. The summed E-state index contributed by atoms with van der Waals surface area (Å²) in [6, 6.07) is 0. The van der Waals surface area contributed by atoms with Crippen LogP contribution in [0.5, 0.6) is 0 Å². The van der Waals surface area contributed by atoms with Crippen molar-refractivity contribution in [1.29, 1.82) is 0 Å². The van der Waals surface area contributed by atoms with E-state index in [1.54, 1.807) is 8.87 Å². The summed E-state index contributed by atoms with van der Waals surface area (Å²) in [5, 5.41) is 0. The van der Waals surface area contributed by atoms with Crippen molar-refractivity contribution >= 4 is 42.8 Å². The van der Waals surface area contributed by atoms with Gasteiger partial charge in [-0.05, 0) is 0 Å². The molecule has 0 spiro atoms. The van der Waals surface area contributed by atoms with E-state index < -0.39 is 0 Å². The van der Waals surface area contributed by atoms with Crippen LogP contribution >= 0.6 is 0 Å². The molecule has 56 valence electrons. The van der Waals surface area contributed by atoms with E-state index in [9.17, 15) is 0 Å². The van der Waals surface area contributed by atoms with Crippen molar-refractivity contribution in [3.05, 3.63) is 0 Å². The molecule has 0 N–H and O–H groups in total. The van der Waals surface area contributed by atoms with Gasteiger partial charge in [-0.3, -0.25) is 0 Å². The van der Waals surface area contributed by atoms with E-state index in [1.165, 1.54) is 6.54 Å². The Balaban J connectivity index is 3.18. The summed E-state index contributed by atoms with van der Waals surface area (Å²) in [4.78, 5) is 0. The first-order valence-corrected chi connectivity index (χ1v) is 13.4. The molecule has 0 atom stereocenters. The van der Waals surface area contributed by atoms with Crippen LogP contribution in [-0.4, -0.2) is 50.7 Å². The fourth-order valence-electron chi connectivity index (χ4n) is 1.06. The third-order valence-corrected chi connectivity index (χ3v) is 22.4. The standard InChI is InChI=1S/C2H5N.2C2H5.2Sn.4H/c1-2-3;2*1-2;;;;;;/h2H2,1H3;2*1H2,2H3;;;;;;. The third kappa shape index (κ3) is 5.98. The van der Waals surface area contributed by atoms with Gasteiger partial charge in [0.1, 0.15) is 0 Å². The van der Waals surface area contributed by atoms with E-state index in [1.807, 2.05) is 0 Å². The van der Waals surface area contributed by atoms with Gasteiger partial charge in [0.15, 0.2) is 0 Å². The van der Waals surface area contributed by atoms with Crippen LogP contribution in [0.2, 0.25) is 8.87 Å². The Morgan fingerprint density at radius 2 is 1.44 bits per heavy atom. The maximum absolute atomic E-state index is 2.91. The van der Waals surface area contributed by atoms with Crippen molar-refractivity contribution in [1.82, 2.24) is 1.34 Å². The van der Waals surface area contributed by atoms with Gasteiger partial charge in [-0.15, -0.1) is 0 Å². The number of hydrogen-bond acceptors (Lipinski definition) is 1. The SMILES string of the molecule is C[CH2][SnH2][N](CC)[SnH2][CH2]C. The average molecular weight is 343 g/mol. The van der Waals surface area contributed by atoms with E-state index in [0.29, 0.717) is 0 Å². The molecule has 0 aliphatic heterocycles. The summed E-state index contributed by atoms with van der Waals surface area (Å²) in [6.45, 7) is 8.45. The van der Waals surface area contributed by atoms with E-state index in [4.69, 9.17) is 0 Å². The van der Waals surface area contributed by atoms with Gasteiger partial charge < -0.3 is 0 Å². The molecule has 0 bridgehead atoms. The van der Waals surface area contributed by atoms with Crippen LogP contribution in [0.1, 0.15) is 20.8 Å². The summed E-state index contributed by atoms with van der Waals surface area (Å²) in [7, 11) is 0. The Morgan fingerprint density at radius 3 is 1.67 bits per heavy atom. The van der Waals surface area contributed by atoms with Crippen LogP contribution in [0.25, 0.3) is 0 Å². The van der Waals surface area contributed by atoms with Gasteiger partial charge in [-0.1, -0.05) is 0 Å². The van der Waals surface area contributed by atoms with Crippen LogP contribution in [0.4, 0.5) is 0 Å². The van der Waals surface area contributed by atoms with E-state index in [-0.39, 0.29) is 42.8 Å². The second kappa shape index (κ2) is 7.66. The monoisotopic (exact) mass is 345 g/mol. The zero-order valence-electron chi connectivity index (χ0n) is 6.98. The van der Waals surface area contributed by atoms with Crippen molar-refractivity contribution in [3.8, 4) is 0 Å². The van der Waals surface area contributed by atoms with Crippen molar-refractivity contribution in [2.75, 3.05) is 6.54 Å². The molecule has 0 aliphatic rings. The van der Waals surface area contributed by atoms with Crippen molar-refractivity contribution in [3.63, 3.8) is 0 Å². The van der Waals surface area contributed by atoms with Crippen molar-refractivity contribution in [2.24, 2.45) is 0 Å². The van der Waals surface area contributed by atoms with E-state index in [2.05, 4.69) is 22.1 Å². The minimum absolute atomic E-state index is 0.317. The molecular weight excluding hydrogens is 323 g/mol. The van der Waals surface area contributed by atoms with Gasteiger partial charge in [0.25, 0.3) is 0 Å². The van der Waals surface area contributed by atoms with Gasteiger partial charge in [0.05, 0.1) is 0 Å². The average Bonchev–Trinajstić information content (AvgIpc) is 1.88. The molecule has 0 heterocycles. The Morgan fingerprint density at radius 1 is 1.00 bits per heavy atom. The summed E-state index contributed by atoms with van der Waals surface area (Å²) in [5.41, 5.74) is 0. The van der Waals surface area contributed by atoms with Crippen LogP contribution in [0, 0.1) is 0 Å². The Bertz CT molecular complexity index is 53.0. The van der Waals surface area contributed by atoms with Crippen molar-refractivity contribution in [2.45, 2.75) is 29.6 Å². The molecule has 0 saturated heterocycles. The molecule has 0 saturated carbocycles. The zero-order valence-corrected chi connectivity index (χ0v) is 15.1. The molecule has 0 fully saturated rings. The topological polar surface area (TPSA) is 3.24 Å². The fraction of sp³-hybridized carbons (Fsp3) is 1.00. The first-order chi connectivity index (χ1) is 4.35. The molecule has 0 unspecified atom stereocenters. The Labute approximate surface area is 79.7 Å². The molecule has 0 aromatic heterocycles. The molecule has 0 rings (SSSR count). The molecule has 0 aromatic carbocycles. The van der Waals surface area contributed by atoms with Crippen LogP contribution in [0.15, 0.2) is 0 Å². The first kappa shape index (κ1) is 10.6. The number of nitrogens with zero attached hydrogens (tertiary/aromatic N) is 1. The quantitative estimate of drug-likeness (QED) is 0.652. The molecule has 0 amide bonds. The third-order valence-electron chi connectivity index (χ3n) is 1.53. The summed E-state index contributed by atoms with van der Waals surface area (Å²) in [5.74, 6) is 0. The van der Waals surface area contributed by atoms with Gasteiger partial charge in [0, 0.05) is 0 Å². The van der Waals surface area contributed by atoms with E-state index >= 15 is 0 Å². The molecule has 0 aliphatic carbocycles. The molecule has 3 heteroatoms. The number of hydrogen-bond donors (Lipinski definition) is 0. The van der Waals surface area contributed by atoms with Crippen LogP contribution in [0.3, 0.4) is 0 Å². The van der Waals surface area contributed by atoms with Crippen molar-refractivity contribution < 1.29 is 0 Å². The first-order valence-electron chi connectivity index (χ1n) is 4.07. The maximum atomic E-state index is 2.91. The fourth-order valence-corrected chi connectivity index (χ4v) is 23.5. The van der Waals surface area contributed by atoms with Gasteiger partial charge >= 0.3 is 80.4 Å². The summed E-state index contributed by atoms with van der Waals surface area (Å²) >= 11 is -0.634. The summed E-state index contributed by atoms with van der Waals surface area (Å²) in [6.07, 6.45) is 0. The predicted octanol–water partition coefficient (Wildman–Crippen LogP) is 0.352. The number of rotatable bonds is 5.